The summed E-state index contributed by atoms with van der Waals surface area (Å²) in [6.07, 6.45) is 2.62. The van der Waals surface area contributed by atoms with Gasteiger partial charge in [-0.05, 0) is 19.0 Å². The van der Waals surface area contributed by atoms with E-state index in [0.717, 1.165) is 11.1 Å². The van der Waals surface area contributed by atoms with Gasteiger partial charge in [0.2, 0.25) is 0 Å². The average Bonchev–Trinajstić information content (AvgIpc) is 2.63. The molecule has 3 atom stereocenters. The van der Waals surface area contributed by atoms with E-state index in [2.05, 4.69) is 6.07 Å². The third kappa shape index (κ3) is 1.50. The lowest BCUT2D eigenvalue weighted by Crippen LogP contribution is -2.41. The van der Waals surface area contributed by atoms with E-state index in [-0.39, 0.29) is 23.8 Å². The Kier molecular flexibility index (Phi) is 2.53. The molecule has 2 aliphatic heterocycles. The Hall–Kier alpha value is -1.92. The molecular formula is C15H14N2O. The second-order valence-electron chi connectivity index (χ2n) is 4.95. The molecule has 0 aliphatic carbocycles. The monoisotopic (exact) mass is 238 g/mol. The summed E-state index contributed by atoms with van der Waals surface area (Å²) in [5.41, 5.74) is 1.74. The lowest BCUT2D eigenvalue weighted by atomic mass is 9.94. The number of Topliss-reactive ketones (excluding diaryl/α,β-unsaturated/α-hetero) is 1. The van der Waals surface area contributed by atoms with Crippen molar-refractivity contribution in [3.8, 4) is 6.07 Å². The van der Waals surface area contributed by atoms with Crippen molar-refractivity contribution in [3.05, 3.63) is 42.0 Å². The number of hydrogen-bond acceptors (Lipinski definition) is 3. The number of fused-ring (bicyclic) bond motifs is 2. The molecule has 0 spiro atoms. The molecule has 2 bridgehead atoms. The molecule has 2 aliphatic rings. The molecule has 18 heavy (non-hydrogen) atoms. The number of benzene rings is 1. The first-order chi connectivity index (χ1) is 8.72. The van der Waals surface area contributed by atoms with Crippen molar-refractivity contribution in [2.75, 3.05) is 7.05 Å². The third-order valence-electron chi connectivity index (χ3n) is 4.01. The number of carbonyl (C=O) groups excluding carboxylic acids is 1. The van der Waals surface area contributed by atoms with Gasteiger partial charge >= 0.3 is 0 Å². The Morgan fingerprint density at radius 1 is 1.33 bits per heavy atom. The van der Waals surface area contributed by atoms with Gasteiger partial charge in [0, 0.05) is 11.6 Å². The van der Waals surface area contributed by atoms with Crippen molar-refractivity contribution in [1.29, 1.82) is 5.26 Å². The number of nitriles is 1. The van der Waals surface area contributed by atoms with Crippen LogP contribution in [0.4, 0.5) is 0 Å². The molecule has 0 unspecified atom stereocenters. The van der Waals surface area contributed by atoms with Crippen LogP contribution in [-0.2, 0) is 4.79 Å². The minimum Gasteiger partial charge on any atom is -0.292 e. The molecule has 0 radical (unpaired) electrons. The van der Waals surface area contributed by atoms with E-state index in [1.807, 2.05) is 48.4 Å². The average molecular weight is 238 g/mol. The number of nitrogens with zero attached hydrogens (tertiary/aromatic N) is 2. The molecule has 2 heterocycles. The van der Waals surface area contributed by atoms with Crippen LogP contribution < -0.4 is 0 Å². The van der Waals surface area contributed by atoms with Crippen LogP contribution in [0.3, 0.4) is 0 Å². The van der Waals surface area contributed by atoms with Crippen LogP contribution in [0.2, 0.25) is 0 Å². The first kappa shape index (κ1) is 11.2. The van der Waals surface area contributed by atoms with Gasteiger partial charge in [0.05, 0.1) is 18.0 Å². The fourth-order valence-electron chi connectivity index (χ4n) is 2.98. The van der Waals surface area contributed by atoms with Gasteiger partial charge in [-0.3, -0.25) is 9.69 Å². The van der Waals surface area contributed by atoms with Gasteiger partial charge < -0.3 is 0 Å². The number of hydrogen-bond donors (Lipinski definition) is 0. The highest BCUT2D eigenvalue weighted by Crippen LogP contribution is 2.38. The summed E-state index contributed by atoms with van der Waals surface area (Å²) in [7, 11) is 1.93. The summed E-state index contributed by atoms with van der Waals surface area (Å²) >= 11 is 0. The predicted molar refractivity (Wildman–Crippen MR) is 68.5 cm³/mol. The quantitative estimate of drug-likeness (QED) is 0.750. The van der Waals surface area contributed by atoms with Gasteiger partial charge in [0.15, 0.2) is 5.78 Å². The molecule has 0 aromatic heterocycles. The minimum absolute atomic E-state index is 0.0647. The van der Waals surface area contributed by atoms with E-state index in [9.17, 15) is 4.79 Å². The summed E-state index contributed by atoms with van der Waals surface area (Å²) in [5, 5.41) is 9.16. The molecule has 90 valence electrons. The van der Waals surface area contributed by atoms with Crippen molar-refractivity contribution < 1.29 is 4.79 Å². The molecule has 0 amide bonds. The molecule has 1 aromatic carbocycles. The summed E-state index contributed by atoms with van der Waals surface area (Å²) in [6.45, 7) is 0. The van der Waals surface area contributed by atoms with E-state index in [1.54, 1.807) is 0 Å². The molecule has 1 aromatic rings. The Morgan fingerprint density at radius 3 is 2.72 bits per heavy atom. The second-order valence-corrected chi connectivity index (χ2v) is 4.95. The lowest BCUT2D eigenvalue weighted by molar-refractivity contribution is -0.118. The number of ketones is 1. The molecule has 0 saturated carbocycles. The second kappa shape index (κ2) is 4.08. The van der Waals surface area contributed by atoms with Crippen LogP contribution in [0.5, 0.6) is 0 Å². The van der Waals surface area contributed by atoms with Crippen molar-refractivity contribution in [2.24, 2.45) is 5.92 Å². The molecular weight excluding hydrogens is 224 g/mol. The van der Waals surface area contributed by atoms with Crippen LogP contribution in [0.1, 0.15) is 12.0 Å². The van der Waals surface area contributed by atoms with Crippen LogP contribution in [0.15, 0.2) is 36.4 Å². The molecule has 1 saturated heterocycles. The first-order valence-electron chi connectivity index (χ1n) is 6.15. The third-order valence-corrected chi connectivity index (χ3v) is 4.01. The van der Waals surface area contributed by atoms with E-state index in [0.29, 0.717) is 6.42 Å². The highest BCUT2D eigenvalue weighted by Gasteiger charge is 2.46. The zero-order valence-electron chi connectivity index (χ0n) is 10.2. The van der Waals surface area contributed by atoms with E-state index in [1.165, 1.54) is 0 Å². The summed E-state index contributed by atoms with van der Waals surface area (Å²) in [6, 6.07) is 12.0. The maximum Gasteiger partial charge on any atom is 0.180 e. The van der Waals surface area contributed by atoms with Crippen LogP contribution in [0.25, 0.3) is 5.57 Å². The Bertz CT molecular complexity index is 556. The largest absolute Gasteiger partial charge is 0.292 e. The molecule has 3 heteroatoms. The predicted octanol–water partition coefficient (Wildman–Crippen LogP) is 1.87. The molecule has 3 rings (SSSR count). The van der Waals surface area contributed by atoms with Gasteiger partial charge in [-0.1, -0.05) is 36.4 Å². The lowest BCUT2D eigenvalue weighted by Gasteiger charge is -2.29. The van der Waals surface area contributed by atoms with Gasteiger partial charge in [-0.25, -0.2) is 0 Å². The van der Waals surface area contributed by atoms with Gasteiger partial charge in [-0.15, -0.1) is 0 Å². The van der Waals surface area contributed by atoms with Crippen LogP contribution in [0, 0.1) is 17.2 Å². The first-order valence-corrected chi connectivity index (χ1v) is 6.15. The Morgan fingerprint density at radius 2 is 2.06 bits per heavy atom. The van der Waals surface area contributed by atoms with Crippen molar-refractivity contribution in [3.63, 3.8) is 0 Å². The standard InChI is InChI=1S/C15H14N2O/c1-17-13-8-12(10-5-3-2-4-6-10)15(18)14(17)7-11(13)9-16/h2-6,8,11,13-14H,7H2,1H3/t11-,13+,14+/m0/s1. The highest BCUT2D eigenvalue weighted by atomic mass is 16.1. The zero-order valence-corrected chi connectivity index (χ0v) is 10.2. The highest BCUT2D eigenvalue weighted by molar-refractivity contribution is 6.24. The number of carbonyl (C=O) groups is 1. The van der Waals surface area contributed by atoms with E-state index in [4.69, 9.17) is 5.26 Å². The summed E-state index contributed by atoms with van der Waals surface area (Å²) in [5.74, 6) is 0.0860. The zero-order chi connectivity index (χ0) is 12.7. The SMILES string of the molecule is CN1[C@@H]2C[C@@H](C#N)[C@H]1C=C(c1ccccc1)C2=O. The molecule has 3 nitrogen and oxygen atoms in total. The van der Waals surface area contributed by atoms with Gasteiger partial charge in [-0.2, -0.15) is 5.26 Å². The Balaban J connectivity index is 2.06. The topological polar surface area (TPSA) is 44.1 Å². The summed E-state index contributed by atoms with van der Waals surface area (Å²) in [4.78, 5) is 14.5. The fraction of sp³-hybridized carbons (Fsp3) is 0.333. The van der Waals surface area contributed by atoms with Gasteiger partial charge in [0.25, 0.3) is 0 Å². The van der Waals surface area contributed by atoms with Gasteiger partial charge in [0.1, 0.15) is 0 Å². The summed E-state index contributed by atoms with van der Waals surface area (Å²) < 4.78 is 0. The fourth-order valence-corrected chi connectivity index (χ4v) is 2.98. The van der Waals surface area contributed by atoms with E-state index < -0.39 is 0 Å². The Labute approximate surface area is 106 Å². The smallest absolute Gasteiger partial charge is 0.180 e. The van der Waals surface area contributed by atoms with Crippen LogP contribution in [-0.4, -0.2) is 29.8 Å². The van der Waals surface area contributed by atoms with Crippen molar-refractivity contribution >= 4 is 11.4 Å². The maximum atomic E-state index is 12.4. The maximum absolute atomic E-state index is 12.4. The minimum atomic E-state index is -0.125. The molecule has 1 fully saturated rings. The van der Waals surface area contributed by atoms with Crippen molar-refractivity contribution in [2.45, 2.75) is 18.5 Å². The van der Waals surface area contributed by atoms with Crippen LogP contribution >= 0.6 is 0 Å². The number of rotatable bonds is 1. The van der Waals surface area contributed by atoms with E-state index >= 15 is 0 Å². The number of likely N-dealkylation sites (N-methyl/N-ethyl adjacent to an activating group) is 1. The molecule has 0 N–H and O–H groups in total. The van der Waals surface area contributed by atoms with Crippen molar-refractivity contribution in [1.82, 2.24) is 4.90 Å². The normalized spacial score (nSPS) is 31.0.